The number of carbonyl (C=O) groups excluding carboxylic acids is 2. The van der Waals surface area contributed by atoms with Crippen LogP contribution in [0.25, 0.3) is 0 Å². The van der Waals surface area contributed by atoms with Crippen molar-refractivity contribution in [2.24, 2.45) is 11.8 Å². The average molecular weight is 343 g/mol. The topological polar surface area (TPSA) is 78.9 Å². The fourth-order valence-electron chi connectivity index (χ4n) is 1.99. The molecule has 2 N–H and O–H groups in total. The van der Waals surface area contributed by atoms with E-state index < -0.39 is 11.8 Å². The zero-order valence-electron chi connectivity index (χ0n) is 13.6. The maximum atomic E-state index is 12.2. The molecule has 0 aromatic heterocycles. The summed E-state index contributed by atoms with van der Waals surface area (Å²) in [6.07, 6.45) is 0.0438. The SMILES string of the molecule is CNC(=O)CC(C(=O)N(O)CCOc1ccc(Cl)cc1)C(C)C. The lowest BCUT2D eigenvalue weighted by Gasteiger charge is -2.24. The first kappa shape index (κ1) is 19.3. The Morgan fingerprint density at radius 2 is 1.91 bits per heavy atom. The molecule has 2 amide bonds. The summed E-state index contributed by atoms with van der Waals surface area (Å²) in [5.41, 5.74) is 0. The third kappa shape index (κ3) is 6.46. The van der Waals surface area contributed by atoms with Gasteiger partial charge in [-0.05, 0) is 30.2 Å². The summed E-state index contributed by atoms with van der Waals surface area (Å²) in [4.78, 5) is 23.7. The highest BCUT2D eigenvalue weighted by Gasteiger charge is 2.28. The number of ether oxygens (including phenoxy) is 1. The van der Waals surface area contributed by atoms with Crippen molar-refractivity contribution in [1.29, 1.82) is 0 Å². The zero-order valence-corrected chi connectivity index (χ0v) is 14.3. The number of amides is 2. The van der Waals surface area contributed by atoms with Crippen LogP contribution in [0.4, 0.5) is 0 Å². The van der Waals surface area contributed by atoms with E-state index >= 15 is 0 Å². The van der Waals surface area contributed by atoms with Crippen molar-refractivity contribution in [2.45, 2.75) is 20.3 Å². The molecule has 1 aromatic carbocycles. The van der Waals surface area contributed by atoms with Crippen molar-refractivity contribution in [2.75, 3.05) is 20.2 Å². The summed E-state index contributed by atoms with van der Waals surface area (Å²) < 4.78 is 5.43. The van der Waals surface area contributed by atoms with Gasteiger partial charge in [0.05, 0.1) is 12.5 Å². The Labute approximate surface area is 141 Å². The Hall–Kier alpha value is -1.79. The quantitative estimate of drug-likeness (QED) is 0.561. The summed E-state index contributed by atoms with van der Waals surface area (Å²) >= 11 is 5.77. The number of hydroxylamine groups is 2. The molecule has 0 saturated heterocycles. The third-order valence-electron chi connectivity index (χ3n) is 3.45. The van der Waals surface area contributed by atoms with Gasteiger partial charge in [0.15, 0.2) is 0 Å². The van der Waals surface area contributed by atoms with Crippen molar-refractivity contribution >= 4 is 23.4 Å². The summed E-state index contributed by atoms with van der Waals surface area (Å²) in [5.74, 6) is -0.755. The van der Waals surface area contributed by atoms with Crippen LogP contribution in [0.5, 0.6) is 5.75 Å². The fourth-order valence-corrected chi connectivity index (χ4v) is 2.12. The molecular weight excluding hydrogens is 320 g/mol. The van der Waals surface area contributed by atoms with Gasteiger partial charge in [-0.1, -0.05) is 25.4 Å². The Bertz CT molecular complexity index is 519. The molecule has 0 fully saturated rings. The highest BCUT2D eigenvalue weighted by atomic mass is 35.5. The molecule has 1 atom stereocenters. The van der Waals surface area contributed by atoms with Crippen LogP contribution >= 0.6 is 11.6 Å². The summed E-state index contributed by atoms with van der Waals surface area (Å²) in [6.45, 7) is 3.82. The van der Waals surface area contributed by atoms with Crippen LogP contribution in [0, 0.1) is 11.8 Å². The number of benzene rings is 1. The maximum Gasteiger partial charge on any atom is 0.249 e. The number of hydrogen-bond donors (Lipinski definition) is 2. The van der Waals surface area contributed by atoms with E-state index in [1.165, 1.54) is 7.05 Å². The predicted octanol–water partition coefficient (Wildman–Crippen LogP) is 2.34. The highest BCUT2D eigenvalue weighted by Crippen LogP contribution is 2.18. The van der Waals surface area contributed by atoms with E-state index in [0.29, 0.717) is 15.8 Å². The molecule has 1 aromatic rings. The van der Waals surface area contributed by atoms with Crippen molar-refractivity contribution in [1.82, 2.24) is 10.4 Å². The molecule has 0 aliphatic heterocycles. The molecule has 0 bridgehead atoms. The molecular formula is C16H23ClN2O4. The minimum absolute atomic E-state index is 0.0123. The van der Waals surface area contributed by atoms with Crippen LogP contribution in [-0.4, -0.2) is 42.3 Å². The summed E-state index contributed by atoms with van der Waals surface area (Å²) in [5, 5.41) is 13.6. The number of halogens is 1. The van der Waals surface area contributed by atoms with Crippen molar-refractivity contribution in [3.63, 3.8) is 0 Å². The van der Waals surface area contributed by atoms with Crippen LogP contribution in [0.2, 0.25) is 5.02 Å². The molecule has 7 heteroatoms. The second-order valence-electron chi connectivity index (χ2n) is 5.49. The first-order valence-electron chi connectivity index (χ1n) is 7.44. The van der Waals surface area contributed by atoms with Gasteiger partial charge in [0.1, 0.15) is 12.4 Å². The lowest BCUT2D eigenvalue weighted by Crippen LogP contribution is -2.40. The van der Waals surface area contributed by atoms with Gasteiger partial charge >= 0.3 is 0 Å². The van der Waals surface area contributed by atoms with Gasteiger partial charge in [-0.25, -0.2) is 5.06 Å². The van der Waals surface area contributed by atoms with Gasteiger partial charge in [-0.15, -0.1) is 0 Å². The smallest absolute Gasteiger partial charge is 0.249 e. The highest BCUT2D eigenvalue weighted by molar-refractivity contribution is 6.30. The molecule has 128 valence electrons. The average Bonchev–Trinajstić information content (AvgIpc) is 2.53. The zero-order chi connectivity index (χ0) is 17.4. The van der Waals surface area contributed by atoms with E-state index in [0.717, 1.165) is 0 Å². The van der Waals surface area contributed by atoms with Gasteiger partial charge in [-0.3, -0.25) is 14.8 Å². The summed E-state index contributed by atoms with van der Waals surface area (Å²) in [6, 6.07) is 6.79. The Balaban J connectivity index is 2.50. The van der Waals surface area contributed by atoms with E-state index in [1.807, 2.05) is 13.8 Å². The van der Waals surface area contributed by atoms with Crippen LogP contribution in [-0.2, 0) is 9.59 Å². The Morgan fingerprint density at radius 3 is 2.43 bits per heavy atom. The maximum absolute atomic E-state index is 12.2. The molecule has 0 spiro atoms. The van der Waals surface area contributed by atoms with Gasteiger partial charge in [-0.2, -0.15) is 0 Å². The molecule has 0 aliphatic rings. The van der Waals surface area contributed by atoms with E-state index in [4.69, 9.17) is 16.3 Å². The van der Waals surface area contributed by atoms with Crippen LogP contribution in [0.15, 0.2) is 24.3 Å². The lowest BCUT2D eigenvalue weighted by atomic mass is 9.91. The van der Waals surface area contributed by atoms with Gasteiger partial charge in [0.25, 0.3) is 0 Å². The van der Waals surface area contributed by atoms with Gasteiger partial charge < -0.3 is 10.1 Å². The van der Waals surface area contributed by atoms with Crippen molar-refractivity contribution in [3.05, 3.63) is 29.3 Å². The van der Waals surface area contributed by atoms with E-state index in [1.54, 1.807) is 24.3 Å². The molecule has 23 heavy (non-hydrogen) atoms. The minimum Gasteiger partial charge on any atom is -0.492 e. The van der Waals surface area contributed by atoms with Crippen LogP contribution in [0.1, 0.15) is 20.3 Å². The van der Waals surface area contributed by atoms with Crippen LogP contribution < -0.4 is 10.1 Å². The summed E-state index contributed by atoms with van der Waals surface area (Å²) in [7, 11) is 1.51. The molecule has 0 saturated carbocycles. The van der Waals surface area contributed by atoms with E-state index in [2.05, 4.69) is 5.32 Å². The van der Waals surface area contributed by atoms with Crippen molar-refractivity contribution < 1.29 is 19.5 Å². The minimum atomic E-state index is -0.574. The first-order chi connectivity index (χ1) is 10.8. The number of nitrogens with zero attached hydrogens (tertiary/aromatic N) is 1. The second-order valence-corrected chi connectivity index (χ2v) is 5.93. The van der Waals surface area contributed by atoms with E-state index in [9.17, 15) is 14.8 Å². The standard InChI is InChI=1S/C16H23ClN2O4/c1-11(2)14(10-15(20)18-3)16(21)19(22)8-9-23-13-6-4-12(17)5-7-13/h4-7,11,14,22H,8-10H2,1-3H3,(H,18,20). The molecule has 6 nitrogen and oxygen atoms in total. The largest absolute Gasteiger partial charge is 0.492 e. The Morgan fingerprint density at radius 1 is 1.30 bits per heavy atom. The number of hydrogen-bond acceptors (Lipinski definition) is 4. The number of carbonyl (C=O) groups is 2. The number of nitrogens with one attached hydrogen (secondary N) is 1. The number of rotatable bonds is 8. The van der Waals surface area contributed by atoms with Crippen LogP contribution in [0.3, 0.4) is 0 Å². The molecule has 0 heterocycles. The third-order valence-corrected chi connectivity index (χ3v) is 3.70. The van der Waals surface area contributed by atoms with E-state index in [-0.39, 0.29) is 31.4 Å². The second kappa shape index (κ2) is 9.37. The normalized spacial score (nSPS) is 11.9. The van der Waals surface area contributed by atoms with Gasteiger partial charge in [0, 0.05) is 18.5 Å². The Kier molecular flexibility index (Phi) is 7.85. The molecule has 1 rings (SSSR count). The van der Waals surface area contributed by atoms with Gasteiger partial charge in [0.2, 0.25) is 11.8 Å². The molecule has 0 aliphatic carbocycles. The van der Waals surface area contributed by atoms with Crippen molar-refractivity contribution in [3.8, 4) is 5.75 Å². The lowest BCUT2D eigenvalue weighted by molar-refractivity contribution is -0.173. The molecule has 0 radical (unpaired) electrons. The predicted molar refractivity (Wildman–Crippen MR) is 87.5 cm³/mol. The molecule has 1 unspecified atom stereocenters. The monoisotopic (exact) mass is 342 g/mol. The fraction of sp³-hybridized carbons (Fsp3) is 0.500. The first-order valence-corrected chi connectivity index (χ1v) is 7.82.